The Hall–Kier alpha value is -5.35. The highest BCUT2D eigenvalue weighted by Gasteiger charge is 2.36. The maximum Gasteiger partial charge on any atom is 0.408 e. The van der Waals surface area contributed by atoms with Gasteiger partial charge in [0.15, 0.2) is 0 Å². The number of pyridine rings is 1. The van der Waals surface area contributed by atoms with Gasteiger partial charge in [-0.2, -0.15) is 10.5 Å². The SMILES string of the molecule is CC(C)(C)OC(=O)NC[C@]([C]=O)(CCOc1ccc(-c2c(C#N)c(SCc3csc(-c4ccc(Cl)cc4)n3)nc(N3CCCC3)c2C#N)cc1)NC(=O)OC(C)(C)C. The Morgan fingerprint density at radius 1 is 0.897 bits per heavy atom. The van der Waals surface area contributed by atoms with Gasteiger partial charge in [0.05, 0.1) is 24.4 Å². The lowest BCUT2D eigenvalue weighted by Crippen LogP contribution is -2.58. The number of halogens is 1. The molecule has 303 valence electrons. The van der Waals surface area contributed by atoms with Crippen molar-refractivity contribution in [2.45, 2.75) is 88.3 Å². The van der Waals surface area contributed by atoms with E-state index in [1.807, 2.05) is 35.9 Å². The molecular formula is C42H45ClN7O6S2. The molecule has 2 aromatic carbocycles. The summed E-state index contributed by atoms with van der Waals surface area (Å²) in [4.78, 5) is 49.5. The molecule has 1 aliphatic rings. The largest absolute Gasteiger partial charge is 0.493 e. The van der Waals surface area contributed by atoms with Gasteiger partial charge in [0.1, 0.15) is 56.0 Å². The standard InChI is InChI=1S/C42H45ClN7O6S2/c1-40(2,3)55-38(52)46-25-42(26-51,49-39(53)56-41(4,5)6)17-20-54-31-15-11-27(12-16-31)34-32(21-44)35(50-18-7-8-19-50)48-37(33(34)22-45)58-24-30-23-57-36(47-30)28-9-13-29(43)14-10-28/h9-16,23H,7-8,17-20,24-25H2,1-6H3,(H,46,52)(H,49,53)/t42-/m0/s1. The van der Waals surface area contributed by atoms with Gasteiger partial charge < -0.3 is 29.7 Å². The third-order valence-electron chi connectivity index (χ3n) is 8.58. The van der Waals surface area contributed by atoms with Crippen molar-refractivity contribution in [3.8, 4) is 39.6 Å². The summed E-state index contributed by atoms with van der Waals surface area (Å²) in [5.74, 6) is 1.41. The average Bonchev–Trinajstić information content (AvgIpc) is 3.88. The van der Waals surface area contributed by atoms with Crippen molar-refractivity contribution in [2.24, 2.45) is 0 Å². The number of ether oxygens (including phenoxy) is 3. The van der Waals surface area contributed by atoms with E-state index in [9.17, 15) is 24.9 Å². The third-order valence-corrected chi connectivity index (χ3v) is 10.8. The topological polar surface area (TPSA) is 180 Å². The van der Waals surface area contributed by atoms with Gasteiger partial charge in [0, 0.05) is 46.8 Å². The van der Waals surface area contributed by atoms with Gasteiger partial charge in [0.2, 0.25) is 6.29 Å². The predicted molar refractivity (Wildman–Crippen MR) is 225 cm³/mol. The number of benzene rings is 2. The number of hydrogen-bond donors (Lipinski definition) is 2. The van der Waals surface area contributed by atoms with Crippen molar-refractivity contribution in [1.29, 1.82) is 10.5 Å². The van der Waals surface area contributed by atoms with Crippen molar-refractivity contribution < 1.29 is 28.6 Å². The average molecular weight is 843 g/mol. The molecular weight excluding hydrogens is 798 g/mol. The highest BCUT2D eigenvalue weighted by atomic mass is 35.5. The van der Waals surface area contributed by atoms with E-state index in [4.69, 9.17) is 35.8 Å². The van der Waals surface area contributed by atoms with E-state index in [0.29, 0.717) is 44.1 Å². The van der Waals surface area contributed by atoms with Crippen LogP contribution in [-0.2, 0) is 20.0 Å². The summed E-state index contributed by atoms with van der Waals surface area (Å²) in [6.45, 7) is 11.2. The van der Waals surface area contributed by atoms with Crippen LogP contribution in [0.4, 0.5) is 15.4 Å². The minimum Gasteiger partial charge on any atom is -0.493 e. The van der Waals surface area contributed by atoms with Crippen molar-refractivity contribution in [2.75, 3.05) is 31.1 Å². The zero-order valence-corrected chi connectivity index (χ0v) is 35.6. The summed E-state index contributed by atoms with van der Waals surface area (Å²) in [5, 5.41) is 30.1. The lowest BCUT2D eigenvalue weighted by molar-refractivity contribution is 0.0431. The molecule has 0 saturated carbocycles. The molecule has 0 bridgehead atoms. The molecule has 58 heavy (non-hydrogen) atoms. The Labute approximate surface area is 352 Å². The number of carbonyl (C=O) groups excluding carboxylic acids is 3. The molecule has 0 spiro atoms. The Morgan fingerprint density at radius 3 is 2.12 bits per heavy atom. The molecule has 5 rings (SSSR count). The second-order valence-corrected chi connectivity index (χ2v) is 17.8. The minimum atomic E-state index is -1.71. The van der Waals surface area contributed by atoms with Crippen molar-refractivity contribution >= 4 is 59.0 Å². The van der Waals surface area contributed by atoms with E-state index in [-0.39, 0.29) is 25.1 Å². The van der Waals surface area contributed by atoms with E-state index in [0.717, 1.165) is 42.2 Å². The van der Waals surface area contributed by atoms with Crippen LogP contribution in [0, 0.1) is 22.7 Å². The van der Waals surface area contributed by atoms with Crippen LogP contribution >= 0.6 is 34.7 Å². The van der Waals surface area contributed by atoms with Crippen LogP contribution in [-0.4, -0.2) is 71.4 Å². The summed E-state index contributed by atoms with van der Waals surface area (Å²) in [5.41, 5.74) is 0.127. The first-order chi connectivity index (χ1) is 27.5. The summed E-state index contributed by atoms with van der Waals surface area (Å²) >= 11 is 8.99. The number of anilines is 1. The van der Waals surface area contributed by atoms with Crippen LogP contribution in [0.1, 0.15) is 77.6 Å². The monoisotopic (exact) mass is 842 g/mol. The number of thiazole rings is 1. The van der Waals surface area contributed by atoms with Crippen LogP contribution in [0.15, 0.2) is 58.9 Å². The number of nitriles is 2. The molecule has 1 aliphatic heterocycles. The number of hydrogen-bond acceptors (Lipinski definition) is 13. The normalized spacial score (nSPS) is 13.8. The van der Waals surface area contributed by atoms with E-state index in [1.54, 1.807) is 65.8 Å². The Morgan fingerprint density at radius 2 is 1.52 bits per heavy atom. The third kappa shape index (κ3) is 11.8. The van der Waals surface area contributed by atoms with Gasteiger partial charge in [-0.15, -0.1) is 11.3 Å². The molecule has 0 unspecified atom stereocenters. The van der Waals surface area contributed by atoms with E-state index in [1.165, 1.54) is 23.1 Å². The van der Waals surface area contributed by atoms with E-state index < -0.39 is 28.9 Å². The van der Waals surface area contributed by atoms with Gasteiger partial charge in [-0.25, -0.2) is 19.6 Å². The summed E-state index contributed by atoms with van der Waals surface area (Å²) < 4.78 is 16.7. The summed E-state index contributed by atoms with van der Waals surface area (Å²) in [6.07, 6.45) is 2.06. The molecule has 2 amide bonds. The molecule has 16 heteroatoms. The van der Waals surface area contributed by atoms with Crippen LogP contribution in [0.3, 0.4) is 0 Å². The zero-order chi connectivity index (χ0) is 42.1. The number of amides is 2. The van der Waals surface area contributed by atoms with Crippen LogP contribution < -0.4 is 20.3 Å². The van der Waals surface area contributed by atoms with E-state index >= 15 is 0 Å². The highest BCUT2D eigenvalue weighted by molar-refractivity contribution is 7.98. The van der Waals surface area contributed by atoms with Gasteiger partial charge in [-0.1, -0.05) is 47.6 Å². The molecule has 13 nitrogen and oxygen atoms in total. The summed E-state index contributed by atoms with van der Waals surface area (Å²) in [7, 11) is 0. The first-order valence-corrected chi connectivity index (χ1v) is 20.8. The van der Waals surface area contributed by atoms with Crippen molar-refractivity contribution in [1.82, 2.24) is 20.6 Å². The van der Waals surface area contributed by atoms with Gasteiger partial charge in [-0.05, 0) is 84.2 Å². The first-order valence-electron chi connectivity index (χ1n) is 18.6. The molecule has 4 aromatic rings. The number of nitrogens with zero attached hydrogens (tertiary/aromatic N) is 5. The molecule has 1 atom stereocenters. The fourth-order valence-corrected chi connectivity index (χ4v) is 7.89. The van der Waals surface area contributed by atoms with Crippen molar-refractivity contribution in [3.63, 3.8) is 0 Å². The smallest absolute Gasteiger partial charge is 0.408 e. The summed E-state index contributed by atoms with van der Waals surface area (Å²) in [6, 6.07) is 19.1. The highest BCUT2D eigenvalue weighted by Crippen LogP contribution is 2.40. The molecule has 2 aromatic heterocycles. The molecule has 3 heterocycles. The van der Waals surface area contributed by atoms with Crippen LogP contribution in [0.25, 0.3) is 21.7 Å². The molecule has 0 aliphatic carbocycles. The number of alkyl carbamates (subject to hydrolysis) is 2. The number of nitrogens with one attached hydrogen (secondary N) is 2. The Balaban J connectivity index is 1.37. The number of aromatic nitrogens is 2. The lowest BCUT2D eigenvalue weighted by atomic mass is 9.96. The van der Waals surface area contributed by atoms with E-state index in [2.05, 4.69) is 27.7 Å². The lowest BCUT2D eigenvalue weighted by Gasteiger charge is -2.30. The fraction of sp³-hybridized carbons (Fsp3) is 0.405. The minimum absolute atomic E-state index is 0.0707. The van der Waals surface area contributed by atoms with Crippen molar-refractivity contribution in [3.05, 3.63) is 75.8 Å². The van der Waals surface area contributed by atoms with Crippen LogP contribution in [0.2, 0.25) is 5.02 Å². The van der Waals surface area contributed by atoms with Gasteiger partial charge in [0.25, 0.3) is 0 Å². The van der Waals surface area contributed by atoms with Gasteiger partial charge in [-0.3, -0.25) is 4.79 Å². The predicted octanol–water partition coefficient (Wildman–Crippen LogP) is 8.83. The van der Waals surface area contributed by atoms with Crippen LogP contribution in [0.5, 0.6) is 5.75 Å². The van der Waals surface area contributed by atoms with Gasteiger partial charge >= 0.3 is 12.2 Å². The Kier molecular flexibility index (Phi) is 14.3. The number of thioether (sulfide) groups is 1. The second kappa shape index (κ2) is 18.9. The second-order valence-electron chi connectivity index (χ2n) is 15.5. The first kappa shape index (κ1) is 43.8. The maximum atomic E-state index is 12.8. The maximum absolute atomic E-state index is 12.8. The zero-order valence-electron chi connectivity index (χ0n) is 33.2. The molecule has 1 saturated heterocycles. The Bertz CT molecular complexity index is 2180. The molecule has 2 N–H and O–H groups in total. The quantitative estimate of drug-likeness (QED) is 0.115. The number of carbonyl (C=O) groups is 2. The fourth-order valence-electron chi connectivity index (χ4n) is 5.96. The number of rotatable bonds is 14. The molecule has 1 radical (unpaired) electrons. The molecule has 1 fully saturated rings.